The van der Waals surface area contributed by atoms with Gasteiger partial charge in [0.05, 0.1) is 17.4 Å². The van der Waals surface area contributed by atoms with Crippen LogP contribution in [0.15, 0.2) is 22.9 Å². The van der Waals surface area contributed by atoms with Gasteiger partial charge in [-0.1, -0.05) is 11.6 Å². The molecule has 16 heavy (non-hydrogen) atoms. The van der Waals surface area contributed by atoms with Crippen molar-refractivity contribution in [2.24, 2.45) is 0 Å². The minimum absolute atomic E-state index is 0.708. The Hall–Kier alpha value is -0.580. The average molecular weight is 303 g/mol. The summed E-state index contributed by atoms with van der Waals surface area (Å²) in [5, 5.41) is 3.84. The lowest BCUT2D eigenvalue weighted by atomic mass is 10.3. The lowest BCUT2D eigenvalue weighted by molar-refractivity contribution is 0.623. The summed E-state index contributed by atoms with van der Waals surface area (Å²) < 4.78 is 3.14. The summed E-state index contributed by atoms with van der Waals surface area (Å²) in [6.07, 6.45) is 2.94. The van der Waals surface area contributed by atoms with Crippen LogP contribution in [-0.2, 0) is 6.54 Å². The van der Waals surface area contributed by atoms with Crippen molar-refractivity contribution in [3.8, 4) is 0 Å². The second-order valence-corrected chi connectivity index (χ2v) is 4.94. The maximum atomic E-state index is 5.97. The zero-order valence-electron chi connectivity index (χ0n) is 9.00. The molecule has 86 valence electrons. The number of halogens is 2. The molecule has 0 bridgehead atoms. The number of benzene rings is 1. The first-order valence-electron chi connectivity index (χ1n) is 5.17. The molecule has 1 aromatic carbocycles. The van der Waals surface area contributed by atoms with Crippen molar-refractivity contribution in [1.82, 2.24) is 14.9 Å². The number of aromatic nitrogens is 2. The highest BCUT2D eigenvalue weighted by molar-refractivity contribution is 9.10. The topological polar surface area (TPSA) is 29.9 Å². The van der Waals surface area contributed by atoms with Crippen molar-refractivity contribution in [3.05, 3.63) is 28.0 Å². The highest BCUT2D eigenvalue weighted by atomic mass is 79.9. The molecule has 0 amide bonds. The summed E-state index contributed by atoms with van der Waals surface area (Å²) in [7, 11) is 1.96. The fraction of sp³-hybridized carbons (Fsp3) is 0.364. The van der Waals surface area contributed by atoms with Gasteiger partial charge in [-0.05, 0) is 48.1 Å². The van der Waals surface area contributed by atoms with E-state index in [9.17, 15) is 0 Å². The van der Waals surface area contributed by atoms with Crippen molar-refractivity contribution in [2.45, 2.75) is 13.0 Å². The Balaban J connectivity index is 2.33. The molecule has 2 aromatic rings. The van der Waals surface area contributed by atoms with Crippen LogP contribution in [0.4, 0.5) is 0 Å². The van der Waals surface area contributed by atoms with Crippen molar-refractivity contribution >= 4 is 38.6 Å². The highest BCUT2D eigenvalue weighted by Crippen LogP contribution is 2.27. The third-order valence-electron chi connectivity index (χ3n) is 2.46. The summed E-state index contributed by atoms with van der Waals surface area (Å²) in [5.74, 6) is 0. The quantitative estimate of drug-likeness (QED) is 0.880. The number of hydrogen-bond acceptors (Lipinski definition) is 2. The van der Waals surface area contributed by atoms with E-state index in [0.29, 0.717) is 5.02 Å². The Bertz CT molecular complexity index is 495. The van der Waals surface area contributed by atoms with Gasteiger partial charge in [0.2, 0.25) is 0 Å². The number of aryl methyl sites for hydroxylation is 1. The number of rotatable bonds is 4. The highest BCUT2D eigenvalue weighted by Gasteiger charge is 2.07. The summed E-state index contributed by atoms with van der Waals surface area (Å²) in [6, 6.07) is 3.79. The predicted octanol–water partition coefficient (Wildman–Crippen LogP) is 3.06. The van der Waals surface area contributed by atoms with Crippen LogP contribution in [0.1, 0.15) is 6.42 Å². The van der Waals surface area contributed by atoms with Crippen LogP contribution in [0.5, 0.6) is 0 Å². The molecular weight excluding hydrogens is 289 g/mol. The fourth-order valence-corrected chi connectivity index (χ4v) is 2.74. The molecule has 2 rings (SSSR count). The molecule has 5 heteroatoms. The molecule has 0 aliphatic carbocycles. The van der Waals surface area contributed by atoms with Crippen molar-refractivity contribution < 1.29 is 0 Å². The second-order valence-electron chi connectivity index (χ2n) is 3.65. The van der Waals surface area contributed by atoms with Gasteiger partial charge >= 0.3 is 0 Å². The van der Waals surface area contributed by atoms with E-state index in [0.717, 1.165) is 35.0 Å². The first-order valence-corrected chi connectivity index (χ1v) is 6.34. The smallest absolute Gasteiger partial charge is 0.0958 e. The van der Waals surface area contributed by atoms with Crippen LogP contribution < -0.4 is 5.32 Å². The van der Waals surface area contributed by atoms with Crippen LogP contribution in [-0.4, -0.2) is 23.1 Å². The van der Waals surface area contributed by atoms with Crippen molar-refractivity contribution in [1.29, 1.82) is 0 Å². The Morgan fingerprint density at radius 2 is 2.31 bits per heavy atom. The molecule has 0 atom stereocenters. The number of imidazole rings is 1. The minimum atomic E-state index is 0.708. The van der Waals surface area contributed by atoms with Gasteiger partial charge in [0.25, 0.3) is 0 Å². The molecule has 0 saturated heterocycles. The summed E-state index contributed by atoms with van der Waals surface area (Å²) in [5.41, 5.74) is 2.05. The van der Waals surface area contributed by atoms with Gasteiger partial charge in [-0.2, -0.15) is 0 Å². The first-order chi connectivity index (χ1) is 7.72. The molecule has 1 heterocycles. The monoisotopic (exact) mass is 301 g/mol. The minimum Gasteiger partial charge on any atom is -0.330 e. The lowest BCUT2D eigenvalue weighted by Gasteiger charge is -2.05. The molecule has 0 fully saturated rings. The summed E-state index contributed by atoms with van der Waals surface area (Å²) >= 11 is 9.50. The SMILES string of the molecule is CNCCCn1cnc2cc(Cl)cc(Br)c21. The van der Waals surface area contributed by atoms with E-state index in [1.54, 1.807) is 0 Å². The molecular formula is C11H13BrClN3. The van der Waals surface area contributed by atoms with E-state index in [1.165, 1.54) is 0 Å². The third-order valence-corrected chi connectivity index (χ3v) is 3.28. The van der Waals surface area contributed by atoms with Crippen LogP contribution >= 0.6 is 27.5 Å². The normalized spacial score (nSPS) is 11.2. The fourth-order valence-electron chi connectivity index (χ4n) is 1.72. The largest absolute Gasteiger partial charge is 0.330 e. The van der Waals surface area contributed by atoms with E-state index in [-0.39, 0.29) is 0 Å². The number of nitrogens with one attached hydrogen (secondary N) is 1. The maximum absolute atomic E-state index is 5.97. The van der Waals surface area contributed by atoms with Gasteiger partial charge in [0.15, 0.2) is 0 Å². The van der Waals surface area contributed by atoms with E-state index in [1.807, 2.05) is 25.5 Å². The number of hydrogen-bond donors (Lipinski definition) is 1. The van der Waals surface area contributed by atoms with Crippen LogP contribution in [0.2, 0.25) is 5.02 Å². The van der Waals surface area contributed by atoms with Gasteiger partial charge in [0.1, 0.15) is 0 Å². The number of nitrogens with zero attached hydrogens (tertiary/aromatic N) is 2. The van der Waals surface area contributed by atoms with Crippen molar-refractivity contribution in [2.75, 3.05) is 13.6 Å². The first kappa shape index (κ1) is 11.9. The van der Waals surface area contributed by atoms with E-state index >= 15 is 0 Å². The summed E-state index contributed by atoms with van der Waals surface area (Å²) in [6.45, 7) is 1.96. The van der Waals surface area contributed by atoms with Gasteiger partial charge in [0, 0.05) is 16.0 Å². The van der Waals surface area contributed by atoms with Gasteiger partial charge < -0.3 is 9.88 Å². The standard InChI is InChI=1S/C11H13BrClN3/c1-14-3-2-4-16-7-15-10-6-8(13)5-9(12)11(10)16/h5-7,14H,2-4H2,1H3. The lowest BCUT2D eigenvalue weighted by Crippen LogP contribution is -2.10. The molecule has 1 aromatic heterocycles. The Kier molecular flexibility index (Phi) is 3.84. The van der Waals surface area contributed by atoms with Crippen LogP contribution in [0.25, 0.3) is 11.0 Å². The molecule has 3 nitrogen and oxygen atoms in total. The molecule has 0 aliphatic heterocycles. The Morgan fingerprint density at radius 3 is 3.06 bits per heavy atom. The predicted molar refractivity (Wildman–Crippen MR) is 71.0 cm³/mol. The Labute approximate surface area is 108 Å². The van der Waals surface area contributed by atoms with Crippen molar-refractivity contribution in [3.63, 3.8) is 0 Å². The van der Waals surface area contributed by atoms with Crippen LogP contribution in [0.3, 0.4) is 0 Å². The molecule has 1 N–H and O–H groups in total. The van der Waals surface area contributed by atoms with Crippen LogP contribution in [0, 0.1) is 0 Å². The van der Waals surface area contributed by atoms with Gasteiger partial charge in [-0.15, -0.1) is 0 Å². The second kappa shape index (κ2) is 5.17. The van der Waals surface area contributed by atoms with E-state index < -0.39 is 0 Å². The van der Waals surface area contributed by atoms with Gasteiger partial charge in [-0.25, -0.2) is 4.98 Å². The molecule has 0 radical (unpaired) electrons. The zero-order chi connectivity index (χ0) is 11.5. The molecule has 0 aliphatic rings. The summed E-state index contributed by atoms with van der Waals surface area (Å²) in [4.78, 5) is 4.35. The Morgan fingerprint density at radius 1 is 1.50 bits per heavy atom. The van der Waals surface area contributed by atoms with E-state index in [2.05, 4.69) is 30.8 Å². The van der Waals surface area contributed by atoms with Gasteiger partial charge in [-0.3, -0.25) is 0 Å². The maximum Gasteiger partial charge on any atom is 0.0958 e. The molecule has 0 saturated carbocycles. The molecule has 0 unspecified atom stereocenters. The zero-order valence-corrected chi connectivity index (χ0v) is 11.3. The van der Waals surface area contributed by atoms with E-state index in [4.69, 9.17) is 11.6 Å². The number of fused-ring (bicyclic) bond motifs is 1. The molecule has 0 spiro atoms. The average Bonchev–Trinajstić information content (AvgIpc) is 2.62. The third kappa shape index (κ3) is 2.39.